The van der Waals surface area contributed by atoms with Gasteiger partial charge in [0.2, 0.25) is 6.29 Å². The molecule has 2 aliphatic heterocycles. The van der Waals surface area contributed by atoms with Crippen molar-refractivity contribution >= 4 is 0 Å². The average Bonchev–Trinajstić information content (AvgIpc) is 3.21. The third kappa shape index (κ3) is 3.12. The summed E-state index contributed by atoms with van der Waals surface area (Å²) in [6.45, 7) is 0.398. The molecule has 6 atom stereocenters. The first-order valence-electron chi connectivity index (χ1n) is 8.38. The van der Waals surface area contributed by atoms with Crippen LogP contribution in [0.15, 0.2) is 53.1 Å². The van der Waals surface area contributed by atoms with E-state index in [-0.39, 0.29) is 30.5 Å². The van der Waals surface area contributed by atoms with Crippen LogP contribution < -0.4 is 0 Å². The van der Waals surface area contributed by atoms with Crippen molar-refractivity contribution in [3.8, 4) is 0 Å². The summed E-state index contributed by atoms with van der Waals surface area (Å²) < 4.78 is 35.1. The fraction of sp³-hybridized carbons (Fsp3) is 0.474. The maximum atomic E-state index is 6.29. The van der Waals surface area contributed by atoms with Gasteiger partial charge in [0.15, 0.2) is 5.76 Å². The second-order valence-corrected chi connectivity index (χ2v) is 6.19. The smallest absolute Gasteiger partial charge is 0.217 e. The molecule has 2 aromatic rings. The molecule has 2 aliphatic rings. The van der Waals surface area contributed by atoms with E-state index in [1.807, 2.05) is 42.5 Å². The summed E-state index contributed by atoms with van der Waals surface area (Å²) in [5.41, 5.74) is 1.04. The van der Waals surface area contributed by atoms with E-state index in [0.717, 1.165) is 5.56 Å². The zero-order chi connectivity index (χ0) is 17.2. The topological polar surface area (TPSA) is 59.3 Å². The second-order valence-electron chi connectivity index (χ2n) is 6.19. The molecule has 0 spiro atoms. The molecule has 134 valence electrons. The van der Waals surface area contributed by atoms with Crippen LogP contribution in [0.2, 0.25) is 0 Å². The molecule has 2 saturated heterocycles. The first kappa shape index (κ1) is 16.8. The van der Waals surface area contributed by atoms with Gasteiger partial charge < -0.3 is 28.1 Å². The quantitative estimate of drug-likeness (QED) is 0.848. The van der Waals surface area contributed by atoms with Crippen LogP contribution in [0.5, 0.6) is 0 Å². The minimum Gasteiger partial charge on any atom is -0.464 e. The van der Waals surface area contributed by atoms with Crippen molar-refractivity contribution in [3.05, 3.63) is 60.1 Å². The maximum Gasteiger partial charge on any atom is 0.217 e. The molecule has 0 aliphatic carbocycles. The SMILES string of the molecule is CO[C@@H]1[C@@H](OC)[C@H](c2ccccc2)O[C@@H]2CO[C@@H](c3ccco3)O[C@@H]12. The van der Waals surface area contributed by atoms with Gasteiger partial charge >= 0.3 is 0 Å². The summed E-state index contributed by atoms with van der Waals surface area (Å²) in [5.74, 6) is 0.632. The summed E-state index contributed by atoms with van der Waals surface area (Å²) in [6, 6.07) is 13.6. The highest BCUT2D eigenvalue weighted by Gasteiger charge is 2.51. The van der Waals surface area contributed by atoms with Crippen molar-refractivity contribution in [1.82, 2.24) is 0 Å². The zero-order valence-corrected chi connectivity index (χ0v) is 14.2. The van der Waals surface area contributed by atoms with Gasteiger partial charge in [0.1, 0.15) is 30.5 Å². The van der Waals surface area contributed by atoms with Gasteiger partial charge in [0.05, 0.1) is 12.9 Å². The Labute approximate surface area is 146 Å². The molecule has 1 aromatic carbocycles. The number of furan rings is 1. The van der Waals surface area contributed by atoms with Crippen LogP contribution in [0.1, 0.15) is 23.7 Å². The standard InChI is InChI=1S/C19H22O6/c1-20-17-15(12-7-4-3-5-8-12)24-14-11-23-19(13-9-6-10-22-13)25-16(14)18(17)21-2/h3-10,14-19H,11H2,1-2H3/t14-,15+,16-,17+,18+,19-/m1/s1. The van der Waals surface area contributed by atoms with Crippen molar-refractivity contribution in [1.29, 1.82) is 0 Å². The van der Waals surface area contributed by atoms with Crippen molar-refractivity contribution in [3.63, 3.8) is 0 Å². The first-order valence-corrected chi connectivity index (χ1v) is 8.38. The Morgan fingerprint density at radius 3 is 2.40 bits per heavy atom. The van der Waals surface area contributed by atoms with Gasteiger partial charge in [-0.25, -0.2) is 0 Å². The highest BCUT2D eigenvalue weighted by Crippen LogP contribution is 2.40. The van der Waals surface area contributed by atoms with Crippen LogP contribution in [0.25, 0.3) is 0 Å². The molecular formula is C19H22O6. The number of ether oxygens (including phenoxy) is 5. The predicted molar refractivity (Wildman–Crippen MR) is 87.9 cm³/mol. The van der Waals surface area contributed by atoms with Gasteiger partial charge in [-0.2, -0.15) is 0 Å². The molecule has 6 heteroatoms. The molecular weight excluding hydrogens is 324 g/mol. The van der Waals surface area contributed by atoms with Crippen LogP contribution in [0.3, 0.4) is 0 Å². The molecule has 25 heavy (non-hydrogen) atoms. The molecule has 0 N–H and O–H groups in total. The molecule has 0 saturated carbocycles. The minimum absolute atomic E-state index is 0.243. The number of rotatable bonds is 4. The monoisotopic (exact) mass is 346 g/mol. The van der Waals surface area contributed by atoms with Crippen molar-refractivity contribution < 1.29 is 28.1 Å². The largest absolute Gasteiger partial charge is 0.464 e. The van der Waals surface area contributed by atoms with Gasteiger partial charge in [0, 0.05) is 14.2 Å². The van der Waals surface area contributed by atoms with Crippen LogP contribution in [0, 0.1) is 0 Å². The van der Waals surface area contributed by atoms with E-state index in [1.165, 1.54) is 0 Å². The van der Waals surface area contributed by atoms with E-state index < -0.39 is 6.29 Å². The van der Waals surface area contributed by atoms with E-state index in [2.05, 4.69) is 0 Å². The predicted octanol–water partition coefficient (Wildman–Crippen LogP) is 2.86. The van der Waals surface area contributed by atoms with Gasteiger partial charge in [-0.05, 0) is 17.7 Å². The average molecular weight is 346 g/mol. The molecule has 4 rings (SSSR count). The van der Waals surface area contributed by atoms with Crippen LogP contribution in [-0.2, 0) is 23.7 Å². The Bertz CT molecular complexity index is 658. The molecule has 0 bridgehead atoms. The van der Waals surface area contributed by atoms with Crippen molar-refractivity contribution in [2.24, 2.45) is 0 Å². The van der Waals surface area contributed by atoms with Crippen LogP contribution in [0.4, 0.5) is 0 Å². The summed E-state index contributed by atoms with van der Waals surface area (Å²) in [4.78, 5) is 0. The van der Waals surface area contributed by atoms with Crippen LogP contribution >= 0.6 is 0 Å². The lowest BCUT2D eigenvalue weighted by molar-refractivity contribution is -0.337. The van der Waals surface area contributed by atoms with Crippen molar-refractivity contribution in [2.75, 3.05) is 20.8 Å². The Morgan fingerprint density at radius 2 is 1.72 bits per heavy atom. The van der Waals surface area contributed by atoms with E-state index >= 15 is 0 Å². The van der Waals surface area contributed by atoms with Gasteiger partial charge in [-0.1, -0.05) is 30.3 Å². The normalized spacial score (nSPS) is 35.3. The highest BCUT2D eigenvalue weighted by molar-refractivity contribution is 5.21. The lowest BCUT2D eigenvalue weighted by Gasteiger charge is -2.48. The summed E-state index contributed by atoms with van der Waals surface area (Å²) in [6.07, 6.45) is -0.332. The third-order valence-electron chi connectivity index (χ3n) is 4.77. The molecule has 0 amide bonds. The summed E-state index contributed by atoms with van der Waals surface area (Å²) >= 11 is 0. The number of methoxy groups -OCH3 is 2. The van der Waals surface area contributed by atoms with E-state index in [4.69, 9.17) is 28.1 Å². The third-order valence-corrected chi connectivity index (χ3v) is 4.77. The number of fused-ring (bicyclic) bond motifs is 1. The van der Waals surface area contributed by atoms with Crippen molar-refractivity contribution in [2.45, 2.75) is 36.8 Å². The molecule has 1 aromatic heterocycles. The number of hydrogen-bond acceptors (Lipinski definition) is 6. The molecule has 2 fully saturated rings. The van der Waals surface area contributed by atoms with Gasteiger partial charge in [0.25, 0.3) is 0 Å². The van der Waals surface area contributed by atoms with E-state index in [9.17, 15) is 0 Å². The molecule has 3 heterocycles. The van der Waals surface area contributed by atoms with Gasteiger partial charge in [-0.3, -0.25) is 0 Å². The Kier molecular flexibility index (Phi) is 4.87. The minimum atomic E-state index is -0.566. The lowest BCUT2D eigenvalue weighted by atomic mass is 9.90. The Balaban J connectivity index is 1.59. The second kappa shape index (κ2) is 7.27. The van der Waals surface area contributed by atoms with E-state index in [1.54, 1.807) is 20.5 Å². The lowest BCUT2D eigenvalue weighted by Crippen LogP contribution is -2.60. The fourth-order valence-electron chi connectivity index (χ4n) is 3.59. The maximum absolute atomic E-state index is 6.29. The van der Waals surface area contributed by atoms with Gasteiger partial charge in [-0.15, -0.1) is 0 Å². The van der Waals surface area contributed by atoms with Crippen LogP contribution in [-0.4, -0.2) is 45.2 Å². The fourth-order valence-corrected chi connectivity index (χ4v) is 3.59. The Hall–Kier alpha value is -1.70. The molecule has 0 unspecified atom stereocenters. The Morgan fingerprint density at radius 1 is 0.920 bits per heavy atom. The molecule has 0 radical (unpaired) electrons. The van der Waals surface area contributed by atoms with E-state index in [0.29, 0.717) is 12.4 Å². The number of hydrogen-bond donors (Lipinski definition) is 0. The highest BCUT2D eigenvalue weighted by atomic mass is 16.7. The summed E-state index contributed by atoms with van der Waals surface area (Å²) in [7, 11) is 3.33. The molecule has 6 nitrogen and oxygen atoms in total. The zero-order valence-electron chi connectivity index (χ0n) is 14.2. The first-order chi connectivity index (χ1) is 12.3. The summed E-state index contributed by atoms with van der Waals surface area (Å²) in [5, 5.41) is 0. The number of benzene rings is 1.